The van der Waals surface area contributed by atoms with Gasteiger partial charge in [0.05, 0.1) is 5.02 Å². The summed E-state index contributed by atoms with van der Waals surface area (Å²) in [5.41, 5.74) is 0.737. The van der Waals surface area contributed by atoms with Crippen molar-refractivity contribution >= 4 is 58.0 Å². The van der Waals surface area contributed by atoms with Gasteiger partial charge in [0.1, 0.15) is 10.8 Å². The van der Waals surface area contributed by atoms with Gasteiger partial charge in [-0.25, -0.2) is 0 Å². The van der Waals surface area contributed by atoms with E-state index in [4.69, 9.17) is 46.4 Å². The van der Waals surface area contributed by atoms with Gasteiger partial charge in [0.25, 0.3) is 5.91 Å². The average molecular weight is 324 g/mol. The van der Waals surface area contributed by atoms with Crippen LogP contribution in [0.1, 0.15) is 10.5 Å². The number of rotatable bonds is 2. The van der Waals surface area contributed by atoms with Crippen molar-refractivity contribution in [2.45, 2.75) is 0 Å². The molecular weight excluding hydrogens is 318 g/mol. The Morgan fingerprint density at radius 3 is 2.11 bits per heavy atom. The van der Waals surface area contributed by atoms with Gasteiger partial charge in [0.15, 0.2) is 0 Å². The number of anilines is 1. The second-order valence-corrected chi connectivity index (χ2v) is 5.12. The second kappa shape index (κ2) is 5.41. The lowest BCUT2D eigenvalue weighted by Gasteiger charge is -2.04. The highest BCUT2D eigenvalue weighted by atomic mass is 35.5. The molecule has 1 aromatic carbocycles. The molecule has 0 spiro atoms. The maximum Gasteiger partial charge on any atom is 0.272 e. The van der Waals surface area contributed by atoms with Crippen LogP contribution in [0.2, 0.25) is 20.2 Å². The largest absolute Gasteiger partial charge is 0.340 e. The van der Waals surface area contributed by atoms with Crippen LogP contribution in [0.25, 0.3) is 0 Å². The Kier molecular flexibility index (Phi) is 4.07. The molecule has 0 bridgehead atoms. The topological polar surface area (TPSA) is 44.9 Å². The fourth-order valence-electron chi connectivity index (χ4n) is 1.35. The predicted molar refractivity (Wildman–Crippen MR) is 75.2 cm³/mol. The second-order valence-electron chi connectivity index (χ2n) is 3.46. The highest BCUT2D eigenvalue weighted by Gasteiger charge is 2.12. The van der Waals surface area contributed by atoms with E-state index in [1.165, 1.54) is 6.07 Å². The molecular formula is C11H6Cl4N2O. The third kappa shape index (κ3) is 3.12. The Morgan fingerprint density at radius 1 is 1.00 bits per heavy atom. The molecule has 18 heavy (non-hydrogen) atoms. The number of hydrogen-bond acceptors (Lipinski definition) is 1. The summed E-state index contributed by atoms with van der Waals surface area (Å²) in [6.45, 7) is 0. The number of aromatic nitrogens is 1. The van der Waals surface area contributed by atoms with Gasteiger partial charge in [-0.2, -0.15) is 0 Å². The monoisotopic (exact) mass is 322 g/mol. The average Bonchev–Trinajstić information content (AvgIpc) is 2.57. The summed E-state index contributed by atoms with van der Waals surface area (Å²) < 4.78 is 0. The smallest absolute Gasteiger partial charge is 0.272 e. The molecule has 94 valence electrons. The molecule has 7 heteroatoms. The predicted octanol–water partition coefficient (Wildman–Crippen LogP) is 4.88. The van der Waals surface area contributed by atoms with Crippen LogP contribution in [0.5, 0.6) is 0 Å². The summed E-state index contributed by atoms with van der Waals surface area (Å²) in [5.74, 6) is -0.387. The first-order valence-electron chi connectivity index (χ1n) is 4.77. The maximum absolute atomic E-state index is 11.9. The SMILES string of the molecule is O=C(Nc1cc(Cl)cc(Cl)c1)c1cc(Cl)c(Cl)[nH]1. The molecule has 0 saturated heterocycles. The number of nitrogens with one attached hydrogen (secondary N) is 2. The number of hydrogen-bond donors (Lipinski definition) is 2. The molecule has 3 nitrogen and oxygen atoms in total. The van der Waals surface area contributed by atoms with Crippen molar-refractivity contribution in [1.82, 2.24) is 4.98 Å². The van der Waals surface area contributed by atoms with Crippen LogP contribution < -0.4 is 5.32 Å². The minimum Gasteiger partial charge on any atom is -0.340 e. The molecule has 0 unspecified atom stereocenters. The number of benzene rings is 1. The fraction of sp³-hybridized carbons (Fsp3) is 0. The van der Waals surface area contributed by atoms with Crippen LogP contribution in [0.3, 0.4) is 0 Å². The van der Waals surface area contributed by atoms with Crippen LogP contribution in [0.15, 0.2) is 24.3 Å². The summed E-state index contributed by atoms with van der Waals surface area (Å²) in [4.78, 5) is 14.5. The van der Waals surface area contributed by atoms with Gasteiger partial charge >= 0.3 is 0 Å². The van der Waals surface area contributed by atoms with Crippen LogP contribution in [-0.4, -0.2) is 10.9 Å². The number of amides is 1. The Labute approximate surface area is 123 Å². The van der Waals surface area contributed by atoms with E-state index in [2.05, 4.69) is 10.3 Å². The van der Waals surface area contributed by atoms with Crippen molar-refractivity contribution in [2.24, 2.45) is 0 Å². The molecule has 2 rings (SSSR count). The Morgan fingerprint density at radius 2 is 1.61 bits per heavy atom. The van der Waals surface area contributed by atoms with E-state index in [-0.39, 0.29) is 21.8 Å². The van der Waals surface area contributed by atoms with Crippen molar-refractivity contribution in [2.75, 3.05) is 5.32 Å². The lowest BCUT2D eigenvalue weighted by Crippen LogP contribution is -2.12. The summed E-state index contributed by atoms with van der Waals surface area (Å²) in [6.07, 6.45) is 0. The van der Waals surface area contributed by atoms with Crippen LogP contribution in [-0.2, 0) is 0 Å². The third-order valence-corrected chi connectivity index (χ3v) is 3.22. The van der Waals surface area contributed by atoms with Gasteiger partial charge in [-0.1, -0.05) is 46.4 Å². The number of aromatic amines is 1. The number of H-pyrrole nitrogens is 1. The molecule has 0 radical (unpaired) electrons. The fourth-order valence-corrected chi connectivity index (χ4v) is 2.19. The van der Waals surface area contributed by atoms with Crippen LogP contribution >= 0.6 is 46.4 Å². The summed E-state index contributed by atoms with van der Waals surface area (Å²) in [7, 11) is 0. The quantitative estimate of drug-likeness (QED) is 0.812. The zero-order valence-corrected chi connectivity index (χ0v) is 11.8. The van der Waals surface area contributed by atoms with Gasteiger partial charge in [-0.05, 0) is 24.3 Å². The Bertz CT molecular complexity index is 569. The van der Waals surface area contributed by atoms with E-state index in [0.717, 1.165) is 0 Å². The van der Waals surface area contributed by atoms with Crippen molar-refractivity contribution in [3.05, 3.63) is 50.2 Å². The van der Waals surface area contributed by atoms with E-state index >= 15 is 0 Å². The van der Waals surface area contributed by atoms with Crippen molar-refractivity contribution in [3.63, 3.8) is 0 Å². The normalized spacial score (nSPS) is 10.4. The first-order chi connectivity index (χ1) is 8.45. The molecule has 1 heterocycles. The summed E-state index contributed by atoms with van der Waals surface area (Å²) in [5, 5.41) is 3.98. The van der Waals surface area contributed by atoms with E-state index in [0.29, 0.717) is 15.7 Å². The third-order valence-electron chi connectivity index (χ3n) is 2.09. The zero-order valence-electron chi connectivity index (χ0n) is 8.73. The highest BCUT2D eigenvalue weighted by molar-refractivity contribution is 6.41. The van der Waals surface area contributed by atoms with Gasteiger partial charge in [-0.3, -0.25) is 4.79 Å². The Balaban J connectivity index is 2.21. The Hall–Kier alpha value is -0.870. The van der Waals surface area contributed by atoms with E-state index < -0.39 is 0 Å². The lowest BCUT2D eigenvalue weighted by molar-refractivity contribution is 0.102. The molecule has 1 aromatic heterocycles. The van der Waals surface area contributed by atoms with Crippen molar-refractivity contribution in [1.29, 1.82) is 0 Å². The standard InChI is InChI=1S/C11H6Cl4N2O/c12-5-1-6(13)3-7(2-5)16-11(18)9-4-8(14)10(15)17-9/h1-4,17H,(H,16,18). The van der Waals surface area contributed by atoms with Gasteiger partial charge in [0, 0.05) is 15.7 Å². The van der Waals surface area contributed by atoms with Crippen molar-refractivity contribution < 1.29 is 4.79 Å². The molecule has 0 saturated carbocycles. The molecule has 2 N–H and O–H groups in total. The molecule has 0 aliphatic carbocycles. The molecule has 0 atom stereocenters. The minimum absolute atomic E-state index is 0.214. The molecule has 1 amide bonds. The minimum atomic E-state index is -0.387. The molecule has 0 aliphatic rings. The number of halogens is 4. The van der Waals surface area contributed by atoms with Gasteiger partial charge < -0.3 is 10.3 Å². The first kappa shape index (κ1) is 13.6. The number of carbonyl (C=O) groups excluding carboxylic acids is 1. The van der Waals surface area contributed by atoms with E-state index in [1.807, 2.05) is 0 Å². The molecule has 0 fully saturated rings. The maximum atomic E-state index is 11.9. The summed E-state index contributed by atoms with van der Waals surface area (Å²) in [6, 6.07) is 6.17. The highest BCUT2D eigenvalue weighted by Crippen LogP contribution is 2.25. The molecule has 0 aliphatic heterocycles. The zero-order chi connectivity index (χ0) is 13.3. The van der Waals surface area contributed by atoms with Crippen LogP contribution in [0.4, 0.5) is 5.69 Å². The lowest BCUT2D eigenvalue weighted by atomic mass is 10.3. The first-order valence-corrected chi connectivity index (χ1v) is 6.28. The van der Waals surface area contributed by atoms with Gasteiger partial charge in [0.2, 0.25) is 0 Å². The van der Waals surface area contributed by atoms with E-state index in [9.17, 15) is 4.79 Å². The van der Waals surface area contributed by atoms with Gasteiger partial charge in [-0.15, -0.1) is 0 Å². The van der Waals surface area contributed by atoms with Crippen LogP contribution in [0, 0.1) is 0 Å². The molecule has 2 aromatic rings. The van der Waals surface area contributed by atoms with Crippen molar-refractivity contribution in [3.8, 4) is 0 Å². The summed E-state index contributed by atoms with van der Waals surface area (Å²) >= 11 is 23.1. The number of carbonyl (C=O) groups is 1. The van der Waals surface area contributed by atoms with E-state index in [1.54, 1.807) is 18.2 Å².